The van der Waals surface area contributed by atoms with E-state index in [1.54, 1.807) is 11.3 Å². The number of nitrogens with two attached hydrogens (primary N) is 1. The van der Waals surface area contributed by atoms with Crippen LogP contribution >= 0.6 is 11.3 Å². The molecule has 0 atom stereocenters. The molecule has 2 aromatic rings. The fourth-order valence-corrected chi connectivity index (χ4v) is 2.46. The molecule has 2 nitrogen and oxygen atoms in total. The van der Waals surface area contributed by atoms with Crippen LogP contribution in [-0.4, -0.2) is 11.5 Å². The zero-order valence-corrected chi connectivity index (χ0v) is 10.0. The number of aryl methyl sites for hydroxylation is 1. The van der Waals surface area contributed by atoms with Crippen LogP contribution in [0.1, 0.15) is 22.7 Å². The Balaban J connectivity index is 1.97. The van der Waals surface area contributed by atoms with Gasteiger partial charge in [-0.25, -0.2) is 4.98 Å². The van der Waals surface area contributed by atoms with Crippen LogP contribution < -0.4 is 5.73 Å². The van der Waals surface area contributed by atoms with Crippen molar-refractivity contribution in [1.29, 1.82) is 0 Å². The van der Waals surface area contributed by atoms with Crippen LogP contribution in [0.4, 0.5) is 0 Å². The summed E-state index contributed by atoms with van der Waals surface area (Å²) in [6.07, 6.45) is 2.96. The number of aromatic nitrogens is 1. The molecule has 0 aliphatic carbocycles. The van der Waals surface area contributed by atoms with Gasteiger partial charge in [0.25, 0.3) is 0 Å². The lowest BCUT2D eigenvalue weighted by Gasteiger charge is -1.96. The molecule has 16 heavy (non-hydrogen) atoms. The summed E-state index contributed by atoms with van der Waals surface area (Å²) in [6, 6.07) is 10.5. The van der Waals surface area contributed by atoms with Crippen molar-refractivity contribution in [3.8, 4) is 0 Å². The first-order valence-corrected chi connectivity index (χ1v) is 6.43. The molecule has 1 aromatic carbocycles. The second kappa shape index (κ2) is 5.77. The van der Waals surface area contributed by atoms with Crippen LogP contribution in [0.3, 0.4) is 0 Å². The highest BCUT2D eigenvalue weighted by Crippen LogP contribution is 2.15. The van der Waals surface area contributed by atoms with E-state index in [0.717, 1.165) is 25.8 Å². The second-order valence-corrected chi connectivity index (χ2v) is 4.73. The maximum Gasteiger partial charge on any atom is 0.0972 e. The minimum Gasteiger partial charge on any atom is -0.330 e. The predicted octanol–water partition coefficient (Wildman–Crippen LogP) is 2.63. The Morgan fingerprint density at radius 3 is 2.75 bits per heavy atom. The molecule has 1 aromatic heterocycles. The van der Waals surface area contributed by atoms with E-state index < -0.39 is 0 Å². The molecule has 0 radical (unpaired) electrons. The molecule has 2 N–H and O–H groups in total. The molecule has 1 heterocycles. The van der Waals surface area contributed by atoms with Crippen LogP contribution in [-0.2, 0) is 12.8 Å². The third-order valence-electron chi connectivity index (χ3n) is 2.43. The summed E-state index contributed by atoms with van der Waals surface area (Å²) >= 11 is 1.74. The quantitative estimate of drug-likeness (QED) is 0.860. The first kappa shape index (κ1) is 11.3. The molecule has 0 saturated heterocycles. The third kappa shape index (κ3) is 3.15. The predicted molar refractivity (Wildman–Crippen MR) is 68.7 cm³/mol. The van der Waals surface area contributed by atoms with E-state index >= 15 is 0 Å². The summed E-state index contributed by atoms with van der Waals surface area (Å²) in [4.78, 5) is 4.61. The van der Waals surface area contributed by atoms with Gasteiger partial charge in [-0.05, 0) is 24.9 Å². The first-order valence-electron chi connectivity index (χ1n) is 5.56. The van der Waals surface area contributed by atoms with Gasteiger partial charge in [0.05, 0.1) is 10.7 Å². The number of nitrogens with zero attached hydrogens (tertiary/aromatic N) is 1. The number of hydrogen-bond acceptors (Lipinski definition) is 3. The van der Waals surface area contributed by atoms with E-state index in [2.05, 4.69) is 34.6 Å². The number of thiazole rings is 1. The standard InChI is InChI=1S/C13H16N2S/c14-8-4-7-12-10-16-13(15-12)9-11-5-2-1-3-6-11/h1-3,5-6,10H,4,7-9,14H2. The van der Waals surface area contributed by atoms with Crippen LogP contribution in [0.5, 0.6) is 0 Å². The van der Waals surface area contributed by atoms with Crippen LogP contribution in [0.15, 0.2) is 35.7 Å². The first-order chi connectivity index (χ1) is 7.88. The monoisotopic (exact) mass is 232 g/mol. The molecule has 0 aliphatic rings. The summed E-state index contributed by atoms with van der Waals surface area (Å²) in [5.74, 6) is 0. The molecule has 0 unspecified atom stereocenters. The van der Waals surface area contributed by atoms with Gasteiger partial charge in [-0.15, -0.1) is 11.3 Å². The number of rotatable bonds is 5. The average Bonchev–Trinajstić information content (AvgIpc) is 2.75. The van der Waals surface area contributed by atoms with Gasteiger partial charge in [-0.1, -0.05) is 30.3 Å². The maximum absolute atomic E-state index is 5.48. The molecule has 84 valence electrons. The van der Waals surface area contributed by atoms with Crippen LogP contribution in [0.25, 0.3) is 0 Å². The van der Waals surface area contributed by atoms with Crippen molar-refractivity contribution >= 4 is 11.3 Å². The third-order valence-corrected chi connectivity index (χ3v) is 3.33. The molecule has 0 amide bonds. The van der Waals surface area contributed by atoms with Gasteiger partial charge in [0.2, 0.25) is 0 Å². The van der Waals surface area contributed by atoms with Gasteiger partial charge < -0.3 is 5.73 Å². The summed E-state index contributed by atoms with van der Waals surface area (Å²) in [7, 11) is 0. The Morgan fingerprint density at radius 1 is 1.19 bits per heavy atom. The lowest BCUT2D eigenvalue weighted by Crippen LogP contribution is -2.00. The largest absolute Gasteiger partial charge is 0.330 e. The van der Waals surface area contributed by atoms with Gasteiger partial charge in [0, 0.05) is 11.8 Å². The summed E-state index contributed by atoms with van der Waals surface area (Å²) in [5.41, 5.74) is 7.99. The Labute approximate surface area is 100 Å². The number of benzene rings is 1. The van der Waals surface area contributed by atoms with E-state index in [-0.39, 0.29) is 0 Å². The fourth-order valence-electron chi connectivity index (χ4n) is 1.60. The van der Waals surface area contributed by atoms with E-state index in [9.17, 15) is 0 Å². The average molecular weight is 232 g/mol. The van der Waals surface area contributed by atoms with Crippen molar-refractivity contribution < 1.29 is 0 Å². The maximum atomic E-state index is 5.48. The minimum absolute atomic E-state index is 0.742. The SMILES string of the molecule is NCCCc1csc(Cc2ccccc2)n1. The second-order valence-electron chi connectivity index (χ2n) is 3.79. The van der Waals surface area contributed by atoms with E-state index in [1.165, 1.54) is 16.3 Å². The fraction of sp³-hybridized carbons (Fsp3) is 0.308. The molecule has 0 saturated carbocycles. The summed E-state index contributed by atoms with van der Waals surface area (Å²) < 4.78 is 0. The van der Waals surface area contributed by atoms with Crippen molar-refractivity contribution in [3.63, 3.8) is 0 Å². The summed E-state index contributed by atoms with van der Waals surface area (Å²) in [5, 5.41) is 3.34. The Hall–Kier alpha value is -1.19. The molecular formula is C13H16N2S. The van der Waals surface area contributed by atoms with Gasteiger partial charge >= 0.3 is 0 Å². The van der Waals surface area contributed by atoms with Crippen molar-refractivity contribution in [3.05, 3.63) is 52.0 Å². The van der Waals surface area contributed by atoms with Gasteiger partial charge in [-0.3, -0.25) is 0 Å². The smallest absolute Gasteiger partial charge is 0.0972 e. The highest BCUT2D eigenvalue weighted by Gasteiger charge is 2.02. The van der Waals surface area contributed by atoms with Gasteiger partial charge in [0.15, 0.2) is 0 Å². The molecule has 0 spiro atoms. The molecule has 2 rings (SSSR count). The van der Waals surface area contributed by atoms with Crippen molar-refractivity contribution in [1.82, 2.24) is 4.98 Å². The van der Waals surface area contributed by atoms with Crippen molar-refractivity contribution in [2.24, 2.45) is 5.73 Å². The molecule has 0 bridgehead atoms. The zero-order valence-electron chi connectivity index (χ0n) is 9.23. The normalized spacial score (nSPS) is 10.6. The topological polar surface area (TPSA) is 38.9 Å². The molecule has 0 aliphatic heterocycles. The summed E-state index contributed by atoms with van der Waals surface area (Å²) in [6.45, 7) is 0.742. The molecule has 0 fully saturated rings. The van der Waals surface area contributed by atoms with Gasteiger partial charge in [-0.2, -0.15) is 0 Å². The minimum atomic E-state index is 0.742. The highest BCUT2D eigenvalue weighted by atomic mass is 32.1. The highest BCUT2D eigenvalue weighted by molar-refractivity contribution is 7.09. The van der Waals surface area contributed by atoms with Crippen molar-refractivity contribution in [2.45, 2.75) is 19.3 Å². The van der Waals surface area contributed by atoms with Gasteiger partial charge in [0.1, 0.15) is 0 Å². The van der Waals surface area contributed by atoms with Crippen molar-refractivity contribution in [2.75, 3.05) is 6.54 Å². The lowest BCUT2D eigenvalue weighted by atomic mass is 10.2. The zero-order chi connectivity index (χ0) is 11.2. The lowest BCUT2D eigenvalue weighted by molar-refractivity contribution is 0.812. The molecular weight excluding hydrogens is 216 g/mol. The molecule has 3 heteroatoms. The Morgan fingerprint density at radius 2 is 2.00 bits per heavy atom. The van der Waals surface area contributed by atoms with Crippen LogP contribution in [0, 0.1) is 0 Å². The number of hydrogen-bond donors (Lipinski definition) is 1. The van der Waals surface area contributed by atoms with Crippen LogP contribution in [0.2, 0.25) is 0 Å². The Bertz CT molecular complexity index is 423. The Kier molecular flexibility index (Phi) is 4.08. The van der Waals surface area contributed by atoms with E-state index in [1.807, 2.05) is 6.07 Å². The van der Waals surface area contributed by atoms with E-state index in [4.69, 9.17) is 5.73 Å². The van der Waals surface area contributed by atoms with E-state index in [0.29, 0.717) is 0 Å².